The number of likely N-dealkylation sites (tertiary alicyclic amines) is 1. The average molecular weight is 463 g/mol. The minimum Gasteiger partial charge on any atom is -0.497 e. The van der Waals surface area contributed by atoms with Crippen LogP contribution in [0.3, 0.4) is 0 Å². The number of aromatic amines is 1. The highest BCUT2D eigenvalue weighted by atomic mass is 16.5. The first-order chi connectivity index (χ1) is 16.5. The molecule has 8 nitrogen and oxygen atoms in total. The van der Waals surface area contributed by atoms with Crippen LogP contribution in [0.15, 0.2) is 42.6 Å². The van der Waals surface area contributed by atoms with E-state index in [0.29, 0.717) is 31.7 Å². The number of aliphatic hydroxyl groups is 1. The number of nitrogens with zero attached hydrogens (tertiary/aromatic N) is 3. The van der Waals surface area contributed by atoms with Gasteiger partial charge >= 0.3 is 0 Å². The lowest BCUT2D eigenvalue weighted by molar-refractivity contribution is -0.145. The zero-order valence-electron chi connectivity index (χ0n) is 19.6. The van der Waals surface area contributed by atoms with Gasteiger partial charge in [0, 0.05) is 60.6 Å². The number of carbonyl (C=O) groups excluding carboxylic acids is 2. The van der Waals surface area contributed by atoms with E-state index < -0.39 is 6.04 Å². The summed E-state index contributed by atoms with van der Waals surface area (Å²) in [5.74, 6) is 0.793. The Morgan fingerprint density at radius 1 is 1.21 bits per heavy atom. The van der Waals surface area contributed by atoms with Crippen LogP contribution < -0.4 is 4.74 Å². The molecule has 2 amide bonds. The molecule has 1 atom stereocenters. The molecule has 1 saturated heterocycles. The van der Waals surface area contributed by atoms with Crippen molar-refractivity contribution < 1.29 is 19.4 Å². The molecule has 34 heavy (non-hydrogen) atoms. The molecule has 1 fully saturated rings. The number of aliphatic hydroxyl groups excluding tert-OH is 1. The number of fused-ring (bicyclic) bond motifs is 4. The summed E-state index contributed by atoms with van der Waals surface area (Å²) < 4.78 is 5.41. The summed E-state index contributed by atoms with van der Waals surface area (Å²) in [6.07, 6.45) is 3.17. The Morgan fingerprint density at radius 2 is 2.03 bits per heavy atom. The Bertz CT molecular complexity index is 1220. The summed E-state index contributed by atoms with van der Waals surface area (Å²) in [7, 11) is 1.63. The third kappa shape index (κ3) is 3.62. The van der Waals surface area contributed by atoms with Crippen molar-refractivity contribution in [3.63, 3.8) is 0 Å². The van der Waals surface area contributed by atoms with Crippen LogP contribution in [0.4, 0.5) is 0 Å². The third-order valence-corrected chi connectivity index (χ3v) is 7.10. The number of hydrogen-bond donors (Lipinski definition) is 2. The molecule has 0 radical (unpaired) electrons. The molecule has 1 spiro atoms. The maximum absolute atomic E-state index is 13.5. The molecule has 1 aromatic carbocycles. The molecular weight excluding hydrogens is 432 g/mol. The molecule has 0 unspecified atom stereocenters. The number of amides is 2. The van der Waals surface area contributed by atoms with Crippen LogP contribution in [-0.4, -0.2) is 70.0 Å². The van der Waals surface area contributed by atoms with E-state index in [1.165, 1.54) is 0 Å². The van der Waals surface area contributed by atoms with E-state index in [9.17, 15) is 14.7 Å². The van der Waals surface area contributed by atoms with Gasteiger partial charge in [-0.25, -0.2) is 0 Å². The first kappa shape index (κ1) is 22.4. The Hall–Kier alpha value is -3.39. The molecule has 5 rings (SSSR count). The minimum absolute atomic E-state index is 0.0858. The lowest BCUT2D eigenvalue weighted by Crippen LogP contribution is -2.68. The zero-order valence-corrected chi connectivity index (χ0v) is 19.6. The maximum atomic E-state index is 13.5. The molecule has 2 aliphatic rings. The number of methoxy groups -OCH3 is 1. The lowest BCUT2D eigenvalue weighted by atomic mass is 9.68. The van der Waals surface area contributed by atoms with Gasteiger partial charge in [0.25, 0.3) is 0 Å². The molecule has 8 heteroatoms. The fourth-order valence-corrected chi connectivity index (χ4v) is 5.52. The number of nitrogens with one attached hydrogen (secondary N) is 1. The minimum atomic E-state index is -0.490. The van der Waals surface area contributed by atoms with Crippen LogP contribution in [0, 0.1) is 0 Å². The van der Waals surface area contributed by atoms with Gasteiger partial charge < -0.3 is 24.6 Å². The van der Waals surface area contributed by atoms with Crippen LogP contribution >= 0.6 is 0 Å². The number of ether oxygens (including phenoxy) is 1. The monoisotopic (exact) mass is 462 g/mol. The normalized spacial score (nSPS) is 18.6. The molecule has 0 bridgehead atoms. The topological polar surface area (TPSA) is 98.8 Å². The van der Waals surface area contributed by atoms with Crippen LogP contribution in [0.2, 0.25) is 0 Å². The molecule has 2 N–H and O–H groups in total. The smallest absolute Gasteiger partial charge is 0.229 e. The number of aromatic nitrogens is 2. The SMILES string of the molecule is CCCC(=O)N1CC2(C1)CN(C(=O)Cc1ccccn1)[C@@H](CO)c1[nH]c3cc(OC)ccc3c12. The molecular formula is C26H30N4O4. The summed E-state index contributed by atoms with van der Waals surface area (Å²) in [5, 5.41) is 11.5. The van der Waals surface area contributed by atoms with E-state index in [1.807, 2.05) is 48.2 Å². The molecule has 0 aliphatic carbocycles. The highest BCUT2D eigenvalue weighted by Crippen LogP contribution is 2.48. The van der Waals surface area contributed by atoms with E-state index in [0.717, 1.165) is 34.3 Å². The van der Waals surface area contributed by atoms with Gasteiger partial charge in [0.15, 0.2) is 0 Å². The largest absolute Gasteiger partial charge is 0.497 e. The number of hydrogen-bond acceptors (Lipinski definition) is 5. The van der Waals surface area contributed by atoms with Crippen molar-refractivity contribution in [2.45, 2.75) is 37.6 Å². The van der Waals surface area contributed by atoms with E-state index in [2.05, 4.69) is 9.97 Å². The second-order valence-corrected chi connectivity index (χ2v) is 9.32. The van der Waals surface area contributed by atoms with Gasteiger partial charge in [0.1, 0.15) is 5.75 Å². The summed E-state index contributed by atoms with van der Waals surface area (Å²) >= 11 is 0. The predicted octanol–water partition coefficient (Wildman–Crippen LogP) is 2.57. The number of pyridine rings is 1. The zero-order chi connectivity index (χ0) is 23.9. The molecule has 4 heterocycles. The predicted molar refractivity (Wildman–Crippen MR) is 127 cm³/mol. The van der Waals surface area contributed by atoms with Crippen molar-refractivity contribution in [1.29, 1.82) is 0 Å². The van der Waals surface area contributed by atoms with Crippen molar-refractivity contribution >= 4 is 22.7 Å². The number of benzene rings is 1. The fourth-order valence-electron chi connectivity index (χ4n) is 5.52. The summed E-state index contributed by atoms with van der Waals surface area (Å²) in [6.45, 7) is 3.38. The molecule has 0 saturated carbocycles. The van der Waals surface area contributed by atoms with Crippen LogP contribution in [0.1, 0.15) is 42.8 Å². The van der Waals surface area contributed by atoms with Crippen molar-refractivity contribution in [3.8, 4) is 5.75 Å². The molecule has 178 valence electrons. The fraction of sp³-hybridized carbons (Fsp3) is 0.423. The molecule has 2 aromatic heterocycles. The second-order valence-electron chi connectivity index (χ2n) is 9.32. The van der Waals surface area contributed by atoms with E-state index >= 15 is 0 Å². The van der Waals surface area contributed by atoms with Crippen LogP contribution in [0.25, 0.3) is 10.9 Å². The number of rotatable bonds is 6. The van der Waals surface area contributed by atoms with Crippen LogP contribution in [0.5, 0.6) is 5.75 Å². The molecule has 2 aliphatic heterocycles. The average Bonchev–Trinajstić information content (AvgIpc) is 3.21. The number of carbonyl (C=O) groups is 2. The number of H-pyrrole nitrogens is 1. The second kappa shape index (κ2) is 8.76. The summed E-state index contributed by atoms with van der Waals surface area (Å²) in [5.41, 5.74) is 3.16. The Kier molecular flexibility index (Phi) is 5.77. The third-order valence-electron chi connectivity index (χ3n) is 7.10. The van der Waals surface area contributed by atoms with Gasteiger partial charge in [-0.3, -0.25) is 14.6 Å². The first-order valence-corrected chi connectivity index (χ1v) is 11.8. The van der Waals surface area contributed by atoms with Gasteiger partial charge in [-0.05, 0) is 36.2 Å². The summed E-state index contributed by atoms with van der Waals surface area (Å²) in [6, 6.07) is 10.9. The van der Waals surface area contributed by atoms with Gasteiger partial charge in [-0.15, -0.1) is 0 Å². The van der Waals surface area contributed by atoms with Crippen molar-refractivity contribution in [2.24, 2.45) is 0 Å². The maximum Gasteiger partial charge on any atom is 0.229 e. The highest BCUT2D eigenvalue weighted by molar-refractivity contribution is 5.90. The van der Waals surface area contributed by atoms with E-state index in [1.54, 1.807) is 18.2 Å². The van der Waals surface area contributed by atoms with Gasteiger partial charge in [0.05, 0.1) is 31.6 Å². The van der Waals surface area contributed by atoms with Gasteiger partial charge in [-0.2, -0.15) is 0 Å². The van der Waals surface area contributed by atoms with Crippen molar-refractivity contribution in [3.05, 3.63) is 59.5 Å². The van der Waals surface area contributed by atoms with E-state index in [-0.39, 0.29) is 30.3 Å². The van der Waals surface area contributed by atoms with Crippen LogP contribution in [-0.2, 0) is 21.4 Å². The standard InChI is InChI=1S/C26H30N4O4/c1-3-6-22(32)29-14-26(15-29)16-30(23(33)11-17-7-4-5-10-27-17)21(13-31)25-24(26)19-9-8-18(34-2)12-20(19)28-25/h4-5,7-10,12,21,28,31H,3,6,11,13-16H2,1-2H3/t21-/m0/s1. The van der Waals surface area contributed by atoms with E-state index in [4.69, 9.17) is 4.74 Å². The highest BCUT2D eigenvalue weighted by Gasteiger charge is 2.54. The quantitative estimate of drug-likeness (QED) is 0.587. The van der Waals surface area contributed by atoms with Gasteiger partial charge in [0.2, 0.25) is 11.8 Å². The first-order valence-electron chi connectivity index (χ1n) is 11.8. The Balaban J connectivity index is 1.56. The Labute approximate surface area is 198 Å². The lowest BCUT2D eigenvalue weighted by Gasteiger charge is -2.56. The van der Waals surface area contributed by atoms with Crippen molar-refractivity contribution in [2.75, 3.05) is 33.4 Å². The Morgan fingerprint density at radius 3 is 2.71 bits per heavy atom. The molecule has 3 aromatic rings. The van der Waals surface area contributed by atoms with Gasteiger partial charge in [-0.1, -0.05) is 13.0 Å². The summed E-state index contributed by atoms with van der Waals surface area (Å²) in [4.78, 5) is 37.5. The van der Waals surface area contributed by atoms with Crippen molar-refractivity contribution in [1.82, 2.24) is 19.8 Å².